The number of rotatable bonds is 5. The van der Waals surface area contributed by atoms with Crippen LogP contribution in [0.4, 0.5) is 5.82 Å². The van der Waals surface area contributed by atoms with Crippen molar-refractivity contribution in [3.05, 3.63) is 82.0 Å². The number of carbonyl (C=O) groups is 1. The molecular weight excluding hydrogens is 440 g/mol. The van der Waals surface area contributed by atoms with Crippen LogP contribution < -0.4 is 4.90 Å². The first-order valence-electron chi connectivity index (χ1n) is 11.0. The molecule has 5 rings (SSSR count). The highest BCUT2D eigenvalue weighted by Crippen LogP contribution is 2.27. The fourth-order valence-electron chi connectivity index (χ4n) is 4.30. The molecule has 3 heterocycles. The van der Waals surface area contributed by atoms with Gasteiger partial charge in [-0.15, -0.1) is 0 Å². The van der Waals surface area contributed by atoms with E-state index < -0.39 is 0 Å². The van der Waals surface area contributed by atoms with Gasteiger partial charge in [0.15, 0.2) is 5.16 Å². The number of carbonyl (C=O) groups excluding carboxylic acids is 1. The van der Waals surface area contributed by atoms with Crippen LogP contribution >= 0.6 is 23.4 Å². The zero-order valence-electron chi connectivity index (χ0n) is 17.8. The van der Waals surface area contributed by atoms with E-state index >= 15 is 0 Å². The SMILES string of the molecule is O=C(c1ccc(CSc2nc(Cl)cc(N3CCCC3)n2)cc1)N1CCc2ccccc2C1. The summed E-state index contributed by atoms with van der Waals surface area (Å²) in [6.45, 7) is 3.49. The molecule has 1 fully saturated rings. The lowest BCUT2D eigenvalue weighted by Gasteiger charge is -2.29. The summed E-state index contributed by atoms with van der Waals surface area (Å²) in [7, 11) is 0. The van der Waals surface area contributed by atoms with Crippen molar-refractivity contribution in [1.82, 2.24) is 14.9 Å². The average Bonchev–Trinajstić information content (AvgIpc) is 3.37. The van der Waals surface area contributed by atoms with E-state index in [0.29, 0.717) is 16.9 Å². The Morgan fingerprint density at radius 2 is 1.72 bits per heavy atom. The first-order valence-corrected chi connectivity index (χ1v) is 12.4. The standard InChI is InChI=1S/C25H25ClN4OS/c26-22-15-23(29-12-3-4-13-29)28-25(27-22)32-17-18-7-9-20(10-8-18)24(31)30-14-11-19-5-1-2-6-21(19)16-30/h1-2,5-10,15H,3-4,11-14,16-17H2. The van der Waals surface area contributed by atoms with E-state index in [1.165, 1.54) is 24.0 Å². The summed E-state index contributed by atoms with van der Waals surface area (Å²) in [5.74, 6) is 1.73. The third kappa shape index (κ3) is 4.76. The number of hydrogen-bond donors (Lipinski definition) is 0. The fraction of sp³-hybridized carbons (Fsp3) is 0.320. The topological polar surface area (TPSA) is 49.3 Å². The van der Waals surface area contributed by atoms with Crippen LogP contribution in [0.3, 0.4) is 0 Å². The molecule has 0 unspecified atom stereocenters. The molecule has 1 amide bonds. The van der Waals surface area contributed by atoms with E-state index in [0.717, 1.165) is 48.8 Å². The zero-order valence-corrected chi connectivity index (χ0v) is 19.4. The molecule has 0 radical (unpaired) electrons. The molecule has 7 heteroatoms. The number of hydrogen-bond acceptors (Lipinski definition) is 5. The summed E-state index contributed by atoms with van der Waals surface area (Å²) < 4.78 is 0. The zero-order chi connectivity index (χ0) is 21.9. The van der Waals surface area contributed by atoms with Crippen LogP contribution in [0.5, 0.6) is 0 Å². The molecule has 0 bridgehead atoms. The number of amides is 1. The smallest absolute Gasteiger partial charge is 0.254 e. The molecule has 2 aliphatic rings. The van der Waals surface area contributed by atoms with Crippen molar-refractivity contribution in [2.75, 3.05) is 24.5 Å². The average molecular weight is 465 g/mol. The van der Waals surface area contributed by atoms with Gasteiger partial charge in [0.2, 0.25) is 0 Å². The maximum absolute atomic E-state index is 13.0. The monoisotopic (exact) mass is 464 g/mol. The molecule has 32 heavy (non-hydrogen) atoms. The number of aromatic nitrogens is 2. The molecule has 1 aromatic heterocycles. The van der Waals surface area contributed by atoms with Gasteiger partial charge in [0.1, 0.15) is 11.0 Å². The van der Waals surface area contributed by atoms with Crippen LogP contribution in [-0.4, -0.2) is 40.4 Å². The van der Waals surface area contributed by atoms with Crippen LogP contribution in [0.2, 0.25) is 5.15 Å². The third-order valence-corrected chi connectivity index (χ3v) is 7.19. The highest BCUT2D eigenvalue weighted by molar-refractivity contribution is 7.98. The predicted molar refractivity (Wildman–Crippen MR) is 129 cm³/mol. The molecule has 0 saturated carbocycles. The van der Waals surface area contributed by atoms with Gasteiger partial charge in [0.25, 0.3) is 5.91 Å². The van der Waals surface area contributed by atoms with Gasteiger partial charge in [-0.2, -0.15) is 0 Å². The van der Waals surface area contributed by atoms with E-state index in [1.807, 2.05) is 41.3 Å². The number of benzene rings is 2. The first-order chi connectivity index (χ1) is 15.7. The Balaban J connectivity index is 1.21. The Kier molecular flexibility index (Phi) is 6.32. The molecule has 0 spiro atoms. The Hall–Kier alpha value is -2.57. The summed E-state index contributed by atoms with van der Waals surface area (Å²) in [4.78, 5) is 26.2. The molecule has 164 valence electrons. The molecular formula is C25H25ClN4OS. The lowest BCUT2D eigenvalue weighted by Crippen LogP contribution is -2.35. The van der Waals surface area contributed by atoms with Crippen molar-refractivity contribution in [3.8, 4) is 0 Å². The van der Waals surface area contributed by atoms with Crippen LogP contribution in [-0.2, 0) is 18.7 Å². The van der Waals surface area contributed by atoms with Gasteiger partial charge in [0.05, 0.1) is 0 Å². The molecule has 3 aromatic rings. The van der Waals surface area contributed by atoms with E-state index in [9.17, 15) is 4.79 Å². The summed E-state index contributed by atoms with van der Waals surface area (Å²) in [6.07, 6.45) is 3.30. The number of nitrogens with zero attached hydrogens (tertiary/aromatic N) is 4. The molecule has 1 saturated heterocycles. The van der Waals surface area contributed by atoms with E-state index in [4.69, 9.17) is 11.6 Å². The van der Waals surface area contributed by atoms with Crippen LogP contribution in [0.15, 0.2) is 59.8 Å². The quantitative estimate of drug-likeness (QED) is 0.294. The fourth-order valence-corrected chi connectivity index (χ4v) is 5.34. The van der Waals surface area contributed by atoms with Crippen LogP contribution in [0, 0.1) is 0 Å². The second-order valence-corrected chi connectivity index (χ2v) is 9.59. The van der Waals surface area contributed by atoms with Crippen molar-refractivity contribution >= 4 is 35.1 Å². The molecule has 0 N–H and O–H groups in total. The molecule has 2 aliphatic heterocycles. The second-order valence-electron chi connectivity index (χ2n) is 8.26. The summed E-state index contributed by atoms with van der Waals surface area (Å²) in [5.41, 5.74) is 4.45. The van der Waals surface area contributed by atoms with Gasteiger partial charge in [-0.05, 0) is 48.1 Å². The Bertz CT molecular complexity index is 1120. The third-order valence-electron chi connectivity index (χ3n) is 6.08. The van der Waals surface area contributed by atoms with Gasteiger partial charge < -0.3 is 9.80 Å². The van der Waals surface area contributed by atoms with Gasteiger partial charge in [-0.25, -0.2) is 9.97 Å². The maximum Gasteiger partial charge on any atom is 0.254 e. The summed E-state index contributed by atoms with van der Waals surface area (Å²) in [6, 6.07) is 18.1. The molecule has 0 atom stereocenters. The largest absolute Gasteiger partial charge is 0.356 e. The van der Waals surface area contributed by atoms with E-state index in [-0.39, 0.29) is 5.91 Å². The van der Waals surface area contributed by atoms with Gasteiger partial charge >= 0.3 is 0 Å². The normalized spacial score (nSPS) is 15.7. The van der Waals surface area contributed by atoms with Crippen molar-refractivity contribution in [3.63, 3.8) is 0 Å². The van der Waals surface area contributed by atoms with Crippen LogP contribution in [0.25, 0.3) is 0 Å². The Morgan fingerprint density at radius 3 is 2.50 bits per heavy atom. The molecule has 0 aliphatic carbocycles. The minimum Gasteiger partial charge on any atom is -0.356 e. The number of anilines is 1. The van der Waals surface area contributed by atoms with Crippen LogP contribution in [0.1, 0.15) is 39.9 Å². The van der Waals surface area contributed by atoms with E-state index in [1.54, 1.807) is 11.8 Å². The number of halogens is 1. The predicted octanol–water partition coefficient (Wildman–Crippen LogP) is 5.22. The first kappa shape index (κ1) is 21.3. The van der Waals surface area contributed by atoms with Gasteiger partial charge in [0, 0.05) is 43.6 Å². The lowest BCUT2D eigenvalue weighted by atomic mass is 9.99. The molecule has 2 aromatic carbocycles. The van der Waals surface area contributed by atoms with Crippen molar-refractivity contribution in [1.29, 1.82) is 0 Å². The van der Waals surface area contributed by atoms with Crippen molar-refractivity contribution in [2.45, 2.75) is 36.7 Å². The van der Waals surface area contributed by atoms with Crippen molar-refractivity contribution in [2.24, 2.45) is 0 Å². The lowest BCUT2D eigenvalue weighted by molar-refractivity contribution is 0.0734. The maximum atomic E-state index is 13.0. The van der Waals surface area contributed by atoms with E-state index in [2.05, 4.69) is 33.1 Å². The summed E-state index contributed by atoms with van der Waals surface area (Å²) in [5, 5.41) is 1.17. The number of fused-ring (bicyclic) bond motifs is 1. The Labute approximate surface area is 197 Å². The highest BCUT2D eigenvalue weighted by atomic mass is 35.5. The highest BCUT2D eigenvalue weighted by Gasteiger charge is 2.21. The van der Waals surface area contributed by atoms with Gasteiger partial charge in [-0.1, -0.05) is 59.8 Å². The summed E-state index contributed by atoms with van der Waals surface area (Å²) >= 11 is 7.80. The molecule has 5 nitrogen and oxygen atoms in total. The Morgan fingerprint density at radius 1 is 0.969 bits per heavy atom. The van der Waals surface area contributed by atoms with Gasteiger partial charge in [-0.3, -0.25) is 4.79 Å². The minimum absolute atomic E-state index is 0.0899. The number of thioether (sulfide) groups is 1. The minimum atomic E-state index is 0.0899. The second kappa shape index (κ2) is 9.51. The van der Waals surface area contributed by atoms with Crippen molar-refractivity contribution < 1.29 is 4.79 Å².